The standard InChI is InChI=1S/C29H27F3N4O4/c1-28(2,3)27(38)40-35(19-20-11-6-4-7-12-20)36-24(18-25(34-36)29(30,31)32)26(37)33-21-13-10-16-23(17-21)39-22-14-8-5-9-15-22/h4-18H,19H2,1-3H3,(H,33,37). The van der Waals surface area contributed by atoms with E-state index in [0.717, 1.165) is 5.17 Å². The Labute approximate surface area is 228 Å². The summed E-state index contributed by atoms with van der Waals surface area (Å²) < 4.78 is 46.9. The summed E-state index contributed by atoms with van der Waals surface area (Å²) in [7, 11) is 0. The van der Waals surface area contributed by atoms with E-state index in [1.165, 1.54) is 6.07 Å². The van der Waals surface area contributed by atoms with Crippen molar-refractivity contribution in [3.8, 4) is 11.5 Å². The molecular formula is C29H27F3N4O4. The lowest BCUT2D eigenvalue weighted by Crippen LogP contribution is -2.42. The molecule has 0 radical (unpaired) electrons. The van der Waals surface area contributed by atoms with E-state index < -0.39 is 34.9 Å². The van der Waals surface area contributed by atoms with E-state index in [-0.39, 0.29) is 12.2 Å². The second-order valence-electron chi connectivity index (χ2n) is 9.82. The average Bonchev–Trinajstić information content (AvgIpc) is 3.36. The average molecular weight is 553 g/mol. The van der Waals surface area contributed by atoms with Crippen molar-refractivity contribution in [3.05, 3.63) is 108 Å². The number of nitrogens with zero attached hydrogens (tertiary/aromatic N) is 3. The number of nitrogens with one attached hydrogen (secondary N) is 1. The van der Waals surface area contributed by atoms with Crippen LogP contribution in [0.4, 0.5) is 18.9 Å². The Morgan fingerprint density at radius 2 is 1.50 bits per heavy atom. The maximum Gasteiger partial charge on any atom is 0.435 e. The number of carbonyl (C=O) groups excluding carboxylic acids is 2. The van der Waals surface area contributed by atoms with Crippen LogP contribution < -0.4 is 15.2 Å². The van der Waals surface area contributed by atoms with Gasteiger partial charge in [0.25, 0.3) is 5.91 Å². The van der Waals surface area contributed by atoms with Crippen molar-refractivity contribution in [2.75, 3.05) is 10.5 Å². The van der Waals surface area contributed by atoms with E-state index in [4.69, 9.17) is 9.57 Å². The SMILES string of the molecule is CC(C)(C)C(=O)ON(Cc1ccccc1)n1nc(C(F)(F)F)cc1C(=O)Nc1cccc(Oc2ccccc2)c1. The third-order valence-electron chi connectivity index (χ3n) is 5.46. The molecule has 8 nitrogen and oxygen atoms in total. The van der Waals surface area contributed by atoms with Crippen molar-refractivity contribution < 1.29 is 32.3 Å². The summed E-state index contributed by atoms with van der Waals surface area (Å²) in [6, 6.07) is 24.5. The van der Waals surface area contributed by atoms with E-state index in [1.807, 2.05) is 6.07 Å². The summed E-state index contributed by atoms with van der Waals surface area (Å²) in [6.07, 6.45) is -4.86. The Kier molecular flexibility index (Phi) is 8.13. The van der Waals surface area contributed by atoms with Gasteiger partial charge in [0.1, 0.15) is 18.0 Å². The van der Waals surface area contributed by atoms with E-state index in [9.17, 15) is 22.8 Å². The van der Waals surface area contributed by atoms with Crippen LogP contribution in [0.5, 0.6) is 11.5 Å². The Morgan fingerprint density at radius 1 is 0.875 bits per heavy atom. The smallest absolute Gasteiger partial charge is 0.435 e. The fourth-order valence-corrected chi connectivity index (χ4v) is 3.40. The largest absolute Gasteiger partial charge is 0.457 e. The predicted molar refractivity (Wildman–Crippen MR) is 142 cm³/mol. The van der Waals surface area contributed by atoms with Gasteiger partial charge in [-0.25, -0.2) is 4.79 Å². The fourth-order valence-electron chi connectivity index (χ4n) is 3.40. The number of benzene rings is 3. The molecule has 0 saturated carbocycles. The van der Waals surface area contributed by atoms with Crippen molar-refractivity contribution in [1.29, 1.82) is 0 Å². The summed E-state index contributed by atoms with van der Waals surface area (Å²) in [4.78, 5) is 32.2. The van der Waals surface area contributed by atoms with Gasteiger partial charge in [0, 0.05) is 17.8 Å². The third-order valence-corrected chi connectivity index (χ3v) is 5.46. The quantitative estimate of drug-likeness (QED) is 0.248. The summed E-state index contributed by atoms with van der Waals surface area (Å²) >= 11 is 0. The number of hydroxylamine groups is 1. The molecular weight excluding hydrogens is 525 g/mol. The maximum atomic E-state index is 13.7. The van der Waals surface area contributed by atoms with Gasteiger partial charge in [-0.2, -0.15) is 13.2 Å². The molecule has 1 aromatic heterocycles. The highest BCUT2D eigenvalue weighted by molar-refractivity contribution is 6.03. The van der Waals surface area contributed by atoms with Crippen molar-refractivity contribution in [1.82, 2.24) is 9.89 Å². The lowest BCUT2D eigenvalue weighted by molar-refractivity contribution is -0.159. The van der Waals surface area contributed by atoms with Crippen molar-refractivity contribution in [3.63, 3.8) is 0 Å². The van der Waals surface area contributed by atoms with Crippen LogP contribution in [0.2, 0.25) is 0 Å². The number of ether oxygens (including phenoxy) is 1. The summed E-state index contributed by atoms with van der Waals surface area (Å²) in [5.74, 6) is -0.677. The van der Waals surface area contributed by atoms with Crippen molar-refractivity contribution >= 4 is 17.6 Å². The minimum atomic E-state index is -4.86. The molecule has 0 bridgehead atoms. The Hall–Kier alpha value is -4.80. The van der Waals surface area contributed by atoms with Crippen LogP contribution in [-0.2, 0) is 22.4 Å². The van der Waals surface area contributed by atoms with Gasteiger partial charge in [-0.3, -0.25) is 4.79 Å². The number of rotatable bonds is 8. The molecule has 0 aliphatic heterocycles. The number of hydrogen-bond acceptors (Lipinski definition) is 6. The maximum absolute atomic E-state index is 13.7. The lowest BCUT2D eigenvalue weighted by atomic mass is 9.98. The molecule has 4 aromatic rings. The highest BCUT2D eigenvalue weighted by atomic mass is 19.4. The summed E-state index contributed by atoms with van der Waals surface area (Å²) in [5.41, 5.74) is -1.95. The van der Waals surface area contributed by atoms with E-state index in [2.05, 4.69) is 10.4 Å². The predicted octanol–water partition coefficient (Wildman–Crippen LogP) is 6.59. The molecule has 11 heteroatoms. The van der Waals surface area contributed by atoms with E-state index in [1.54, 1.807) is 93.6 Å². The van der Waals surface area contributed by atoms with Gasteiger partial charge in [-0.1, -0.05) is 54.6 Å². The number of carbonyl (C=O) groups is 2. The first-order valence-electron chi connectivity index (χ1n) is 12.3. The zero-order valence-corrected chi connectivity index (χ0v) is 22.0. The third kappa shape index (κ3) is 7.19. The van der Waals surface area contributed by atoms with E-state index >= 15 is 0 Å². The van der Waals surface area contributed by atoms with Gasteiger partial charge >= 0.3 is 12.1 Å². The monoisotopic (exact) mass is 552 g/mol. The number of hydrogen-bond donors (Lipinski definition) is 1. The highest BCUT2D eigenvalue weighted by Gasteiger charge is 2.38. The minimum absolute atomic E-state index is 0.178. The first kappa shape index (κ1) is 28.2. The van der Waals surface area contributed by atoms with Crippen molar-refractivity contribution in [2.45, 2.75) is 33.5 Å². The molecule has 40 heavy (non-hydrogen) atoms. The number of halogens is 3. The number of anilines is 1. The second kappa shape index (κ2) is 11.5. The molecule has 0 fully saturated rings. The molecule has 1 amide bonds. The molecule has 1 N–H and O–H groups in total. The Bertz CT molecular complexity index is 1470. The number of aromatic nitrogens is 2. The van der Waals surface area contributed by atoms with Gasteiger partial charge < -0.3 is 14.9 Å². The van der Waals surface area contributed by atoms with E-state index in [0.29, 0.717) is 27.9 Å². The Morgan fingerprint density at radius 3 is 2.12 bits per heavy atom. The first-order chi connectivity index (χ1) is 18.9. The Balaban J connectivity index is 1.68. The molecule has 208 valence electrons. The zero-order valence-electron chi connectivity index (χ0n) is 22.0. The van der Waals surface area contributed by atoms with Crippen LogP contribution in [-0.4, -0.2) is 21.8 Å². The van der Waals surface area contributed by atoms with Gasteiger partial charge in [0.2, 0.25) is 0 Å². The molecule has 0 aliphatic carbocycles. The topological polar surface area (TPSA) is 85.7 Å². The highest BCUT2D eigenvalue weighted by Crippen LogP contribution is 2.30. The molecule has 0 spiro atoms. The van der Waals surface area contributed by atoms with Crippen LogP contribution >= 0.6 is 0 Å². The first-order valence-corrected chi connectivity index (χ1v) is 12.3. The van der Waals surface area contributed by atoms with Crippen LogP contribution in [0.15, 0.2) is 91.0 Å². The molecule has 0 unspecified atom stereocenters. The molecule has 0 saturated heterocycles. The van der Waals surface area contributed by atoms with Crippen LogP contribution in [0.1, 0.15) is 42.5 Å². The summed E-state index contributed by atoms with van der Waals surface area (Å²) in [6.45, 7) is 4.61. The molecule has 3 aromatic carbocycles. The number of para-hydroxylation sites is 1. The molecule has 1 heterocycles. The van der Waals surface area contributed by atoms with Crippen LogP contribution in [0.3, 0.4) is 0 Å². The van der Waals surface area contributed by atoms with Gasteiger partial charge in [-0.05, 0) is 50.6 Å². The molecule has 4 rings (SSSR count). The normalized spacial score (nSPS) is 11.6. The van der Waals surface area contributed by atoms with Gasteiger partial charge in [0.15, 0.2) is 11.4 Å². The van der Waals surface area contributed by atoms with Crippen LogP contribution in [0, 0.1) is 5.41 Å². The van der Waals surface area contributed by atoms with Crippen molar-refractivity contribution in [2.24, 2.45) is 5.41 Å². The molecule has 0 aliphatic rings. The number of alkyl halides is 3. The van der Waals surface area contributed by atoms with Crippen LogP contribution in [0.25, 0.3) is 0 Å². The second-order valence-corrected chi connectivity index (χ2v) is 9.82. The lowest BCUT2D eigenvalue weighted by Gasteiger charge is -2.27. The minimum Gasteiger partial charge on any atom is -0.457 e. The summed E-state index contributed by atoms with van der Waals surface area (Å²) in [5, 5.41) is 7.02. The van der Waals surface area contributed by atoms with Gasteiger partial charge in [-0.15, -0.1) is 15.1 Å². The number of amides is 1. The fraction of sp³-hybridized carbons (Fsp3) is 0.207. The molecule has 0 atom stereocenters. The zero-order chi connectivity index (χ0) is 28.9. The van der Waals surface area contributed by atoms with Gasteiger partial charge in [0.05, 0.1) is 5.41 Å².